The fourth-order valence-corrected chi connectivity index (χ4v) is 4.65. The molecule has 0 spiro atoms. The number of esters is 1. The quantitative estimate of drug-likeness (QED) is 0.280. The average molecular weight is 478 g/mol. The molecule has 160 valence electrons. The van der Waals surface area contributed by atoms with Gasteiger partial charge >= 0.3 is 5.97 Å². The number of nitrogens with one attached hydrogen (secondary N) is 1. The lowest BCUT2D eigenvalue weighted by atomic mass is 10.2. The predicted octanol–water partition coefficient (Wildman–Crippen LogP) is 5.27. The van der Waals surface area contributed by atoms with Crippen LogP contribution in [0.5, 0.6) is 0 Å². The first-order valence-corrected chi connectivity index (χ1v) is 10.9. The second-order valence-corrected chi connectivity index (χ2v) is 8.96. The second kappa shape index (κ2) is 9.90. The summed E-state index contributed by atoms with van der Waals surface area (Å²) in [5.41, 5.74) is 1.86. The molecule has 0 bridgehead atoms. The van der Waals surface area contributed by atoms with E-state index in [1.165, 1.54) is 35.2 Å². The Kier molecular flexibility index (Phi) is 7.26. The number of benzene rings is 2. The standard InChI is InChI=1S/C20H16ClN3O5S2/c1-11-3-5-16(15(21)7-11)23-18(25)9-29-19(26)14-8-13(24(27)28)4-6-17(14)31-20-22-12(2)10-30-20/h3-8,10H,9H2,1-2H3,(H,23,25). The van der Waals surface area contributed by atoms with Gasteiger partial charge in [0.2, 0.25) is 0 Å². The van der Waals surface area contributed by atoms with Crippen molar-refractivity contribution >= 4 is 58.0 Å². The minimum absolute atomic E-state index is 0.0202. The van der Waals surface area contributed by atoms with E-state index in [-0.39, 0.29) is 11.3 Å². The van der Waals surface area contributed by atoms with E-state index in [0.29, 0.717) is 19.9 Å². The van der Waals surface area contributed by atoms with Crippen molar-refractivity contribution in [2.24, 2.45) is 0 Å². The van der Waals surface area contributed by atoms with E-state index in [1.807, 2.05) is 19.2 Å². The maximum absolute atomic E-state index is 12.6. The number of anilines is 1. The molecule has 31 heavy (non-hydrogen) atoms. The zero-order chi connectivity index (χ0) is 22.5. The van der Waals surface area contributed by atoms with Gasteiger partial charge in [-0.25, -0.2) is 9.78 Å². The molecule has 3 aromatic rings. The number of thiazole rings is 1. The molecule has 1 N–H and O–H groups in total. The number of ether oxygens (including phenoxy) is 1. The van der Waals surface area contributed by atoms with Crippen molar-refractivity contribution in [3.63, 3.8) is 0 Å². The van der Waals surface area contributed by atoms with Gasteiger partial charge in [-0.3, -0.25) is 14.9 Å². The number of nitro groups is 1. The molecule has 0 fully saturated rings. The van der Waals surface area contributed by atoms with Gasteiger partial charge in [-0.05, 0) is 37.6 Å². The molecule has 0 atom stereocenters. The molecule has 0 saturated heterocycles. The number of aromatic nitrogens is 1. The number of carbonyl (C=O) groups excluding carboxylic acids is 2. The zero-order valence-electron chi connectivity index (χ0n) is 16.4. The number of amides is 1. The maximum Gasteiger partial charge on any atom is 0.340 e. The molecule has 0 saturated carbocycles. The van der Waals surface area contributed by atoms with Crippen LogP contribution in [0.15, 0.2) is 51.0 Å². The Morgan fingerprint density at radius 1 is 1.26 bits per heavy atom. The van der Waals surface area contributed by atoms with Gasteiger partial charge in [0.1, 0.15) is 0 Å². The van der Waals surface area contributed by atoms with Crippen LogP contribution in [0.25, 0.3) is 0 Å². The maximum atomic E-state index is 12.6. The average Bonchev–Trinajstić information content (AvgIpc) is 3.13. The van der Waals surface area contributed by atoms with E-state index < -0.39 is 23.4 Å². The molecule has 3 rings (SSSR count). The SMILES string of the molecule is Cc1ccc(NC(=O)COC(=O)c2cc([N+](=O)[O-])ccc2Sc2nc(C)cs2)c(Cl)c1. The van der Waals surface area contributed by atoms with Crippen molar-refractivity contribution in [3.8, 4) is 0 Å². The fraction of sp³-hybridized carbons (Fsp3) is 0.150. The summed E-state index contributed by atoms with van der Waals surface area (Å²) in [6.07, 6.45) is 0. The van der Waals surface area contributed by atoms with Gasteiger partial charge in [-0.1, -0.05) is 29.4 Å². The third kappa shape index (κ3) is 6.03. The van der Waals surface area contributed by atoms with Gasteiger partial charge in [0.25, 0.3) is 11.6 Å². The third-order valence-corrected chi connectivity index (χ3v) is 6.37. The van der Waals surface area contributed by atoms with E-state index in [0.717, 1.165) is 17.3 Å². The zero-order valence-corrected chi connectivity index (χ0v) is 18.8. The van der Waals surface area contributed by atoms with E-state index in [1.54, 1.807) is 18.2 Å². The second-order valence-electron chi connectivity index (χ2n) is 6.40. The first-order chi connectivity index (χ1) is 14.7. The minimum Gasteiger partial charge on any atom is -0.452 e. The molecular formula is C20H16ClN3O5S2. The molecule has 0 radical (unpaired) electrons. The minimum atomic E-state index is -0.857. The Morgan fingerprint density at radius 2 is 2.03 bits per heavy atom. The largest absolute Gasteiger partial charge is 0.452 e. The normalized spacial score (nSPS) is 10.5. The summed E-state index contributed by atoms with van der Waals surface area (Å²) in [7, 11) is 0. The summed E-state index contributed by atoms with van der Waals surface area (Å²) in [6, 6.07) is 8.99. The topological polar surface area (TPSA) is 111 Å². The van der Waals surface area contributed by atoms with E-state index in [9.17, 15) is 19.7 Å². The molecule has 2 aromatic carbocycles. The van der Waals surface area contributed by atoms with Crippen molar-refractivity contribution in [1.82, 2.24) is 4.98 Å². The molecule has 1 heterocycles. The molecule has 1 amide bonds. The van der Waals surface area contributed by atoms with Crippen LogP contribution in [0.4, 0.5) is 11.4 Å². The smallest absolute Gasteiger partial charge is 0.340 e. The monoisotopic (exact) mass is 477 g/mol. The lowest BCUT2D eigenvalue weighted by molar-refractivity contribution is -0.384. The first-order valence-electron chi connectivity index (χ1n) is 8.84. The Morgan fingerprint density at radius 3 is 2.68 bits per heavy atom. The highest BCUT2D eigenvalue weighted by Crippen LogP contribution is 2.34. The number of hydrogen-bond donors (Lipinski definition) is 1. The molecule has 1 aromatic heterocycles. The highest BCUT2D eigenvalue weighted by Gasteiger charge is 2.21. The van der Waals surface area contributed by atoms with E-state index in [2.05, 4.69) is 10.3 Å². The van der Waals surface area contributed by atoms with Crippen molar-refractivity contribution in [2.75, 3.05) is 11.9 Å². The number of hydrogen-bond acceptors (Lipinski definition) is 8. The number of rotatable bonds is 7. The molecule has 0 aliphatic rings. The molecule has 0 aliphatic carbocycles. The van der Waals surface area contributed by atoms with Crippen LogP contribution in [0.2, 0.25) is 5.02 Å². The van der Waals surface area contributed by atoms with Gasteiger partial charge in [0.05, 0.1) is 21.2 Å². The molecular weight excluding hydrogens is 462 g/mol. The van der Waals surface area contributed by atoms with Crippen LogP contribution in [-0.4, -0.2) is 28.4 Å². The van der Waals surface area contributed by atoms with Gasteiger partial charge in [0.15, 0.2) is 10.9 Å². The Bertz CT molecular complexity index is 1170. The number of non-ortho nitro benzene ring substituents is 1. The van der Waals surface area contributed by atoms with Crippen molar-refractivity contribution < 1.29 is 19.2 Å². The van der Waals surface area contributed by atoms with Gasteiger partial charge in [-0.2, -0.15) is 0 Å². The first kappa shape index (κ1) is 22.7. The highest BCUT2D eigenvalue weighted by molar-refractivity contribution is 8.01. The number of carbonyl (C=O) groups is 2. The summed E-state index contributed by atoms with van der Waals surface area (Å²) in [4.78, 5) is 40.1. The highest BCUT2D eigenvalue weighted by atomic mass is 35.5. The lowest BCUT2D eigenvalue weighted by Gasteiger charge is -2.10. The Balaban J connectivity index is 1.73. The predicted molar refractivity (Wildman–Crippen MR) is 119 cm³/mol. The lowest BCUT2D eigenvalue weighted by Crippen LogP contribution is -2.21. The number of halogens is 1. The summed E-state index contributed by atoms with van der Waals surface area (Å²) >= 11 is 8.66. The van der Waals surface area contributed by atoms with Crippen LogP contribution in [0, 0.1) is 24.0 Å². The summed E-state index contributed by atoms with van der Waals surface area (Å²) < 4.78 is 5.77. The van der Waals surface area contributed by atoms with Crippen LogP contribution >= 0.6 is 34.7 Å². The third-order valence-electron chi connectivity index (χ3n) is 3.92. The van der Waals surface area contributed by atoms with E-state index >= 15 is 0 Å². The van der Waals surface area contributed by atoms with Gasteiger partial charge in [-0.15, -0.1) is 11.3 Å². The molecule has 0 aliphatic heterocycles. The van der Waals surface area contributed by atoms with Crippen molar-refractivity contribution in [3.05, 3.63) is 73.7 Å². The number of aryl methyl sites for hydroxylation is 2. The molecule has 8 nitrogen and oxygen atoms in total. The van der Waals surface area contributed by atoms with Crippen LogP contribution in [-0.2, 0) is 9.53 Å². The Labute approximate surface area is 190 Å². The van der Waals surface area contributed by atoms with Crippen LogP contribution < -0.4 is 5.32 Å². The number of nitrogens with zero attached hydrogens (tertiary/aromatic N) is 2. The summed E-state index contributed by atoms with van der Waals surface area (Å²) in [5, 5.41) is 15.9. The van der Waals surface area contributed by atoms with E-state index in [4.69, 9.17) is 16.3 Å². The van der Waals surface area contributed by atoms with Crippen LogP contribution in [0.1, 0.15) is 21.6 Å². The summed E-state index contributed by atoms with van der Waals surface area (Å²) in [6.45, 7) is 3.12. The Hall–Kier alpha value is -2.95. The molecule has 11 heteroatoms. The fourth-order valence-electron chi connectivity index (χ4n) is 2.47. The number of nitro benzene ring substituents is 1. The van der Waals surface area contributed by atoms with Crippen molar-refractivity contribution in [1.29, 1.82) is 0 Å². The van der Waals surface area contributed by atoms with Crippen LogP contribution in [0.3, 0.4) is 0 Å². The summed E-state index contributed by atoms with van der Waals surface area (Å²) in [5.74, 6) is -1.45. The van der Waals surface area contributed by atoms with Gasteiger partial charge < -0.3 is 10.1 Å². The van der Waals surface area contributed by atoms with Gasteiger partial charge in [0, 0.05) is 28.1 Å². The van der Waals surface area contributed by atoms with Crippen molar-refractivity contribution in [2.45, 2.75) is 23.1 Å². The molecule has 0 unspecified atom stereocenters.